The molecule has 5 nitrogen and oxygen atoms in total. The van der Waals surface area contributed by atoms with E-state index in [0.717, 1.165) is 10.0 Å². The summed E-state index contributed by atoms with van der Waals surface area (Å²) in [6, 6.07) is 7.34. The van der Waals surface area contributed by atoms with Crippen LogP contribution in [0.1, 0.15) is 12.5 Å². The number of hydrogen-bond acceptors (Lipinski definition) is 5. The van der Waals surface area contributed by atoms with E-state index in [1.165, 1.54) is 6.21 Å². The highest BCUT2D eigenvalue weighted by molar-refractivity contribution is 9.10. The number of aliphatic imine (C=N–C) groups is 1. The molecule has 3 N–H and O–H groups in total. The number of benzene rings is 1. The molecule has 106 valence electrons. The Morgan fingerprint density at radius 2 is 2.15 bits per heavy atom. The number of nitrogens with one attached hydrogen (secondary N) is 1. The van der Waals surface area contributed by atoms with E-state index < -0.39 is 11.0 Å². The lowest BCUT2D eigenvalue weighted by Crippen LogP contribution is -2.44. The van der Waals surface area contributed by atoms with Crippen LogP contribution in [-0.2, 0) is 14.5 Å². The third-order valence-electron chi connectivity index (χ3n) is 2.69. The van der Waals surface area contributed by atoms with Crippen LogP contribution in [0.25, 0.3) is 0 Å². The Morgan fingerprint density at radius 3 is 2.75 bits per heavy atom. The van der Waals surface area contributed by atoms with Gasteiger partial charge in [-0.25, -0.2) is 9.79 Å². The quantitative estimate of drug-likeness (QED) is 0.493. The molecular weight excluding hydrogens is 346 g/mol. The summed E-state index contributed by atoms with van der Waals surface area (Å²) >= 11 is 9.84. The SMILES string of the molecule is CCOC(=O)C1=C(N)N=CC(Cl)(c2ccc(Br)cc2)N1. The van der Waals surface area contributed by atoms with Gasteiger partial charge in [0.1, 0.15) is 0 Å². The van der Waals surface area contributed by atoms with Gasteiger partial charge in [-0.1, -0.05) is 39.7 Å². The summed E-state index contributed by atoms with van der Waals surface area (Å²) in [6.45, 7) is 1.96. The topological polar surface area (TPSA) is 76.7 Å². The summed E-state index contributed by atoms with van der Waals surface area (Å²) in [6.07, 6.45) is 1.45. The Bertz CT molecular complexity index is 586. The number of hydrogen-bond donors (Lipinski definition) is 2. The Kier molecular flexibility index (Phi) is 4.35. The molecule has 1 unspecified atom stereocenters. The van der Waals surface area contributed by atoms with Gasteiger partial charge in [-0.2, -0.15) is 0 Å². The molecule has 0 spiro atoms. The van der Waals surface area contributed by atoms with Crippen LogP contribution in [0, 0.1) is 0 Å². The van der Waals surface area contributed by atoms with E-state index >= 15 is 0 Å². The number of esters is 1. The molecule has 1 atom stereocenters. The van der Waals surface area contributed by atoms with Gasteiger partial charge in [0, 0.05) is 4.47 Å². The fourth-order valence-electron chi connectivity index (χ4n) is 1.70. The summed E-state index contributed by atoms with van der Waals surface area (Å²) in [5, 5.41) is 2.88. The lowest BCUT2D eigenvalue weighted by atomic mass is 10.1. The van der Waals surface area contributed by atoms with Gasteiger partial charge in [0.2, 0.25) is 0 Å². The van der Waals surface area contributed by atoms with Crippen molar-refractivity contribution in [2.45, 2.75) is 11.9 Å². The van der Waals surface area contributed by atoms with Gasteiger partial charge in [0.15, 0.2) is 16.5 Å². The van der Waals surface area contributed by atoms with E-state index in [2.05, 4.69) is 26.2 Å². The largest absolute Gasteiger partial charge is 0.461 e. The molecule has 1 aliphatic rings. The molecule has 2 rings (SSSR count). The highest BCUT2D eigenvalue weighted by atomic mass is 79.9. The van der Waals surface area contributed by atoms with Crippen molar-refractivity contribution < 1.29 is 9.53 Å². The minimum atomic E-state index is -1.13. The minimum Gasteiger partial charge on any atom is -0.461 e. The van der Waals surface area contributed by atoms with E-state index in [0.29, 0.717) is 0 Å². The van der Waals surface area contributed by atoms with Gasteiger partial charge in [-0.15, -0.1) is 0 Å². The average Bonchev–Trinajstić information content (AvgIpc) is 2.42. The molecule has 0 bridgehead atoms. The van der Waals surface area contributed by atoms with E-state index in [-0.39, 0.29) is 18.1 Å². The van der Waals surface area contributed by atoms with Crippen LogP contribution in [0.5, 0.6) is 0 Å². The number of carbonyl (C=O) groups is 1. The molecule has 0 amide bonds. The molecule has 1 heterocycles. The normalized spacial score (nSPS) is 21.6. The van der Waals surface area contributed by atoms with Crippen molar-refractivity contribution in [2.24, 2.45) is 10.7 Å². The number of rotatable bonds is 3. The van der Waals surface area contributed by atoms with Crippen molar-refractivity contribution in [1.29, 1.82) is 0 Å². The van der Waals surface area contributed by atoms with E-state index in [1.54, 1.807) is 6.92 Å². The minimum absolute atomic E-state index is 0.0526. The molecule has 20 heavy (non-hydrogen) atoms. The number of carbonyl (C=O) groups excluding carboxylic acids is 1. The van der Waals surface area contributed by atoms with Crippen molar-refractivity contribution >= 4 is 39.7 Å². The van der Waals surface area contributed by atoms with Gasteiger partial charge in [0.25, 0.3) is 0 Å². The van der Waals surface area contributed by atoms with E-state index in [1.807, 2.05) is 24.3 Å². The monoisotopic (exact) mass is 357 g/mol. The Hall–Kier alpha value is -1.53. The van der Waals surface area contributed by atoms with Gasteiger partial charge < -0.3 is 15.8 Å². The van der Waals surface area contributed by atoms with E-state index in [9.17, 15) is 4.79 Å². The standard InChI is InChI=1S/C13H13BrClN3O2/c1-2-20-12(19)10-11(16)17-7-13(15,18-10)8-3-5-9(14)6-4-8/h3-7,18H,2,16H2,1H3. The van der Waals surface area contributed by atoms with Gasteiger partial charge >= 0.3 is 5.97 Å². The van der Waals surface area contributed by atoms with Crippen molar-refractivity contribution in [3.63, 3.8) is 0 Å². The predicted octanol–water partition coefficient (Wildman–Crippen LogP) is 2.21. The Labute approximate surface area is 130 Å². The molecule has 1 aliphatic heterocycles. The van der Waals surface area contributed by atoms with Crippen LogP contribution in [0.2, 0.25) is 0 Å². The number of ether oxygens (including phenoxy) is 1. The van der Waals surface area contributed by atoms with Gasteiger partial charge in [-0.3, -0.25) is 0 Å². The molecule has 0 radical (unpaired) electrons. The summed E-state index contributed by atoms with van der Waals surface area (Å²) in [5.41, 5.74) is 6.48. The molecule has 0 saturated carbocycles. The third-order valence-corrected chi connectivity index (χ3v) is 3.63. The number of halogens is 2. The number of nitrogens with zero attached hydrogens (tertiary/aromatic N) is 1. The van der Waals surface area contributed by atoms with E-state index in [4.69, 9.17) is 22.1 Å². The Morgan fingerprint density at radius 1 is 1.50 bits per heavy atom. The summed E-state index contributed by atoms with van der Waals surface area (Å²) < 4.78 is 5.85. The fourth-order valence-corrected chi connectivity index (χ4v) is 2.23. The molecule has 0 fully saturated rings. The van der Waals surface area contributed by atoms with Crippen molar-refractivity contribution in [1.82, 2.24) is 5.32 Å². The second-order valence-corrected chi connectivity index (χ2v) is 5.59. The molecule has 0 aliphatic carbocycles. The maximum Gasteiger partial charge on any atom is 0.358 e. The van der Waals surface area contributed by atoms with Crippen molar-refractivity contribution in [3.05, 3.63) is 45.8 Å². The molecule has 0 aromatic heterocycles. The lowest BCUT2D eigenvalue weighted by molar-refractivity contribution is -0.139. The maximum atomic E-state index is 11.8. The second kappa shape index (κ2) is 5.85. The third kappa shape index (κ3) is 2.96. The number of nitrogens with two attached hydrogens (primary N) is 1. The lowest BCUT2D eigenvalue weighted by Gasteiger charge is -2.29. The van der Waals surface area contributed by atoms with Crippen LogP contribution >= 0.6 is 27.5 Å². The van der Waals surface area contributed by atoms with Crippen LogP contribution in [0.4, 0.5) is 0 Å². The highest BCUT2D eigenvalue weighted by Gasteiger charge is 2.34. The molecular formula is C13H13BrClN3O2. The summed E-state index contributed by atoms with van der Waals surface area (Å²) in [5.74, 6) is -0.527. The first kappa shape index (κ1) is 14.9. The first-order valence-electron chi connectivity index (χ1n) is 5.91. The zero-order chi connectivity index (χ0) is 14.8. The van der Waals surface area contributed by atoms with Crippen molar-refractivity contribution in [3.8, 4) is 0 Å². The molecule has 0 saturated heterocycles. The van der Waals surface area contributed by atoms with Crippen LogP contribution in [0.3, 0.4) is 0 Å². The molecule has 7 heteroatoms. The van der Waals surface area contributed by atoms with Gasteiger partial charge in [-0.05, 0) is 24.6 Å². The van der Waals surface area contributed by atoms with Crippen LogP contribution < -0.4 is 11.1 Å². The van der Waals surface area contributed by atoms with Gasteiger partial charge in [0.05, 0.1) is 12.8 Å². The zero-order valence-corrected chi connectivity index (χ0v) is 13.0. The smallest absolute Gasteiger partial charge is 0.358 e. The molecule has 1 aromatic rings. The highest BCUT2D eigenvalue weighted by Crippen LogP contribution is 2.29. The summed E-state index contributed by atoms with van der Waals surface area (Å²) in [4.78, 5) is 14.7. The maximum absolute atomic E-state index is 11.8. The Balaban J connectivity index is 2.31. The second-order valence-electron chi connectivity index (χ2n) is 4.08. The predicted molar refractivity (Wildman–Crippen MR) is 81.1 cm³/mol. The first-order valence-corrected chi connectivity index (χ1v) is 7.08. The molecule has 1 aromatic carbocycles. The summed E-state index contributed by atoms with van der Waals surface area (Å²) in [7, 11) is 0. The van der Waals surface area contributed by atoms with Crippen LogP contribution in [-0.4, -0.2) is 18.8 Å². The first-order chi connectivity index (χ1) is 9.46. The van der Waals surface area contributed by atoms with Crippen LogP contribution in [0.15, 0.2) is 45.2 Å². The zero-order valence-electron chi connectivity index (χ0n) is 10.7. The average molecular weight is 359 g/mol. The fraction of sp³-hybridized carbons (Fsp3) is 0.231. The number of alkyl halides is 1. The van der Waals surface area contributed by atoms with Crippen molar-refractivity contribution in [2.75, 3.05) is 6.61 Å².